The number of nitrogens with zero attached hydrogens (tertiary/aromatic N) is 1. The number of rotatable bonds is 7. The predicted molar refractivity (Wildman–Crippen MR) is 135 cm³/mol. The van der Waals surface area contributed by atoms with Gasteiger partial charge in [-0.2, -0.15) is 13.2 Å². The molecule has 0 aliphatic rings. The minimum absolute atomic E-state index is 0.0104. The summed E-state index contributed by atoms with van der Waals surface area (Å²) in [5, 5.41) is 3.07. The molecule has 2 aromatic carbocycles. The molecule has 0 radical (unpaired) electrons. The van der Waals surface area contributed by atoms with E-state index in [2.05, 4.69) is 26.2 Å². The van der Waals surface area contributed by atoms with Crippen molar-refractivity contribution in [3.8, 4) is 5.88 Å². The summed E-state index contributed by atoms with van der Waals surface area (Å²) < 4.78 is 46.8. The van der Waals surface area contributed by atoms with E-state index in [-0.39, 0.29) is 28.1 Å². The average molecular weight is 588 g/mol. The van der Waals surface area contributed by atoms with Gasteiger partial charge in [0.2, 0.25) is 5.88 Å². The van der Waals surface area contributed by atoms with Crippen LogP contribution in [0.3, 0.4) is 0 Å². The Morgan fingerprint density at radius 2 is 1.94 bits per heavy atom. The zero-order valence-electron chi connectivity index (χ0n) is 18.6. The highest BCUT2D eigenvalue weighted by atomic mass is 79.9. The van der Waals surface area contributed by atoms with Crippen LogP contribution in [-0.2, 0) is 6.54 Å². The van der Waals surface area contributed by atoms with Gasteiger partial charge in [0.15, 0.2) is 0 Å². The van der Waals surface area contributed by atoms with E-state index in [1.165, 1.54) is 31.4 Å². The van der Waals surface area contributed by atoms with Crippen LogP contribution in [0.4, 0.5) is 13.2 Å². The third kappa shape index (κ3) is 6.99. The van der Waals surface area contributed by atoms with Crippen molar-refractivity contribution in [3.63, 3.8) is 0 Å². The summed E-state index contributed by atoms with van der Waals surface area (Å²) in [7, 11) is 1.51. The molecule has 1 amide bonds. The topological polar surface area (TPSA) is 51.2 Å². The number of hydrogen-bond acceptors (Lipinski definition) is 3. The van der Waals surface area contributed by atoms with Gasteiger partial charge in [-0.3, -0.25) is 4.79 Å². The summed E-state index contributed by atoms with van der Waals surface area (Å²) in [4.78, 5) is 16.7. The Balaban J connectivity index is 1.76. The molecule has 4 nitrogen and oxygen atoms in total. The van der Waals surface area contributed by atoms with Crippen molar-refractivity contribution >= 4 is 51.1 Å². The number of pyridine rings is 1. The monoisotopic (exact) mass is 586 g/mol. The number of alkyl halides is 3. The van der Waals surface area contributed by atoms with Crippen molar-refractivity contribution < 1.29 is 22.7 Å². The van der Waals surface area contributed by atoms with E-state index in [1.807, 2.05) is 0 Å². The maximum atomic E-state index is 13.8. The zero-order valence-corrected chi connectivity index (χ0v) is 21.7. The fourth-order valence-electron chi connectivity index (χ4n) is 3.28. The maximum absolute atomic E-state index is 13.8. The molecule has 1 aromatic heterocycles. The fourth-order valence-corrected chi connectivity index (χ4v) is 4.24. The molecule has 0 saturated heterocycles. The van der Waals surface area contributed by atoms with Crippen LogP contribution < -0.4 is 10.1 Å². The second-order valence-corrected chi connectivity index (χ2v) is 9.28. The summed E-state index contributed by atoms with van der Waals surface area (Å²) in [5.74, 6) is -1.76. The standard InChI is InChI=1S/C25H20BrCl2F3N2O2/c1-14-9-17(11-21(27)23(14)28)19(25(29,30)31)7-4-15-3-6-18(20(26)10-15)24(34)33-13-16-5-8-22(35-2)32-12-16/h3-12,19H,13H2,1-2H3,(H,33,34)/b7-4+. The molecule has 184 valence electrons. The number of nitrogens with one attached hydrogen (secondary N) is 1. The lowest BCUT2D eigenvalue weighted by Gasteiger charge is -2.19. The molecule has 0 saturated carbocycles. The number of hydrogen-bond donors (Lipinski definition) is 1. The van der Waals surface area contributed by atoms with Crippen LogP contribution in [0.1, 0.15) is 38.5 Å². The Kier molecular flexibility index (Phi) is 8.85. The number of benzene rings is 2. The largest absolute Gasteiger partial charge is 0.481 e. The van der Waals surface area contributed by atoms with Gasteiger partial charge in [-0.1, -0.05) is 53.6 Å². The second kappa shape index (κ2) is 11.5. The van der Waals surface area contributed by atoms with Crippen LogP contribution in [0.15, 0.2) is 59.2 Å². The van der Waals surface area contributed by atoms with Crippen LogP contribution in [-0.4, -0.2) is 24.2 Å². The Hall–Kier alpha value is -2.55. The van der Waals surface area contributed by atoms with Gasteiger partial charge in [0.25, 0.3) is 5.91 Å². The molecule has 1 unspecified atom stereocenters. The number of carbonyl (C=O) groups is 1. The van der Waals surface area contributed by atoms with Crippen molar-refractivity contribution in [1.82, 2.24) is 10.3 Å². The molecule has 0 fully saturated rings. The van der Waals surface area contributed by atoms with Gasteiger partial charge in [-0.05, 0) is 63.3 Å². The first-order valence-electron chi connectivity index (χ1n) is 10.3. The van der Waals surface area contributed by atoms with Gasteiger partial charge in [-0.15, -0.1) is 0 Å². The third-order valence-electron chi connectivity index (χ3n) is 5.12. The van der Waals surface area contributed by atoms with Crippen LogP contribution in [0, 0.1) is 6.92 Å². The van der Waals surface area contributed by atoms with Crippen molar-refractivity contribution in [3.05, 3.63) is 97.1 Å². The van der Waals surface area contributed by atoms with Crippen molar-refractivity contribution in [1.29, 1.82) is 0 Å². The number of aromatic nitrogens is 1. The Labute approximate surface area is 219 Å². The summed E-state index contributed by atoms with van der Waals surface area (Å²) >= 11 is 15.3. The number of ether oxygens (including phenoxy) is 1. The SMILES string of the molecule is COc1ccc(CNC(=O)c2ccc(/C=C/C(c3cc(C)c(Cl)c(Cl)c3)C(F)(F)F)cc2Br)cn1. The molecule has 0 bridgehead atoms. The molecule has 3 aromatic rings. The highest BCUT2D eigenvalue weighted by molar-refractivity contribution is 9.10. The van der Waals surface area contributed by atoms with Crippen molar-refractivity contribution in [2.24, 2.45) is 0 Å². The zero-order chi connectivity index (χ0) is 25.8. The van der Waals surface area contributed by atoms with E-state index in [0.29, 0.717) is 27.0 Å². The fraction of sp³-hybridized carbons (Fsp3) is 0.200. The minimum Gasteiger partial charge on any atom is -0.481 e. The molecular weight excluding hydrogens is 568 g/mol. The van der Waals surface area contributed by atoms with Gasteiger partial charge in [0, 0.05) is 23.3 Å². The summed E-state index contributed by atoms with van der Waals surface area (Å²) in [5.41, 5.74) is 2.06. The number of halogens is 6. The van der Waals surface area contributed by atoms with Crippen molar-refractivity contribution in [2.75, 3.05) is 7.11 Å². The number of aryl methyl sites for hydroxylation is 1. The third-order valence-corrected chi connectivity index (χ3v) is 6.68. The first-order chi connectivity index (χ1) is 16.5. The van der Waals surface area contributed by atoms with Gasteiger partial charge >= 0.3 is 6.18 Å². The number of methoxy groups -OCH3 is 1. The van der Waals surface area contributed by atoms with Crippen LogP contribution >= 0.6 is 39.1 Å². The first-order valence-corrected chi connectivity index (χ1v) is 11.8. The Bertz CT molecular complexity index is 1230. The molecule has 1 heterocycles. The van der Waals surface area contributed by atoms with E-state index in [9.17, 15) is 18.0 Å². The molecule has 3 rings (SSSR count). The first kappa shape index (κ1) is 27.0. The van der Waals surface area contributed by atoms with E-state index >= 15 is 0 Å². The van der Waals surface area contributed by atoms with E-state index < -0.39 is 12.1 Å². The maximum Gasteiger partial charge on any atom is 0.399 e. The predicted octanol–water partition coefficient (Wildman–Crippen LogP) is 7.76. The quantitative estimate of drug-likeness (QED) is 0.307. The Morgan fingerprint density at radius 3 is 2.51 bits per heavy atom. The molecule has 35 heavy (non-hydrogen) atoms. The number of allylic oxidation sites excluding steroid dienone is 1. The number of amides is 1. The average Bonchev–Trinajstić information content (AvgIpc) is 2.80. The highest BCUT2D eigenvalue weighted by Gasteiger charge is 2.39. The lowest BCUT2D eigenvalue weighted by molar-refractivity contribution is -0.139. The van der Waals surface area contributed by atoms with Crippen LogP contribution in [0.5, 0.6) is 5.88 Å². The van der Waals surface area contributed by atoms with E-state index in [0.717, 1.165) is 11.6 Å². The normalized spacial score (nSPS) is 12.6. The van der Waals surface area contributed by atoms with E-state index in [4.69, 9.17) is 27.9 Å². The summed E-state index contributed by atoms with van der Waals surface area (Å²) in [6, 6.07) is 10.7. The number of carbonyl (C=O) groups excluding carboxylic acids is 1. The van der Waals surface area contributed by atoms with Gasteiger partial charge < -0.3 is 10.1 Å². The minimum atomic E-state index is -4.53. The van der Waals surface area contributed by atoms with Crippen LogP contribution in [0.2, 0.25) is 10.0 Å². The van der Waals surface area contributed by atoms with Crippen molar-refractivity contribution in [2.45, 2.75) is 25.6 Å². The summed E-state index contributed by atoms with van der Waals surface area (Å²) in [6.45, 7) is 1.85. The lowest BCUT2D eigenvalue weighted by Crippen LogP contribution is -2.23. The van der Waals surface area contributed by atoms with Gasteiger partial charge in [0.1, 0.15) is 0 Å². The molecule has 0 aliphatic carbocycles. The second-order valence-electron chi connectivity index (χ2n) is 7.64. The molecular formula is C25H20BrCl2F3N2O2. The molecule has 1 atom stereocenters. The molecule has 10 heteroatoms. The smallest absolute Gasteiger partial charge is 0.399 e. The molecule has 1 N–H and O–H groups in total. The van der Waals surface area contributed by atoms with Gasteiger partial charge in [-0.25, -0.2) is 4.98 Å². The molecule has 0 spiro atoms. The summed E-state index contributed by atoms with van der Waals surface area (Å²) in [6.07, 6.45) is -0.537. The Morgan fingerprint density at radius 1 is 1.20 bits per heavy atom. The highest BCUT2D eigenvalue weighted by Crippen LogP contribution is 2.39. The van der Waals surface area contributed by atoms with Gasteiger partial charge in [0.05, 0.1) is 28.6 Å². The van der Waals surface area contributed by atoms with E-state index in [1.54, 1.807) is 37.4 Å². The lowest BCUT2D eigenvalue weighted by atomic mass is 9.95. The van der Waals surface area contributed by atoms with Crippen LogP contribution in [0.25, 0.3) is 6.08 Å². The molecule has 0 aliphatic heterocycles.